The first-order valence-electron chi connectivity index (χ1n) is 5.63. The third-order valence-corrected chi connectivity index (χ3v) is 3.31. The molecule has 100 valence electrons. The minimum atomic E-state index is -3.70. The van der Waals surface area contributed by atoms with Gasteiger partial charge in [0.2, 0.25) is 15.9 Å². The molecule has 0 unspecified atom stereocenters. The summed E-state index contributed by atoms with van der Waals surface area (Å²) in [5, 5.41) is 7.77. The van der Waals surface area contributed by atoms with Crippen LogP contribution in [0.3, 0.4) is 0 Å². The van der Waals surface area contributed by atoms with Crippen LogP contribution in [0.1, 0.15) is 25.8 Å². The van der Waals surface area contributed by atoms with Crippen LogP contribution in [0.25, 0.3) is 0 Å². The molecule has 0 spiro atoms. The summed E-state index contributed by atoms with van der Waals surface area (Å²) in [7, 11) is -3.70. The van der Waals surface area contributed by atoms with Gasteiger partial charge in [0.25, 0.3) is 0 Å². The van der Waals surface area contributed by atoms with Crippen LogP contribution in [-0.4, -0.2) is 14.3 Å². The Kier molecular flexibility index (Phi) is 4.48. The minimum absolute atomic E-state index is 0.0434. The molecule has 0 heterocycles. The molecule has 6 heteroatoms. The van der Waals surface area contributed by atoms with Crippen LogP contribution in [0.15, 0.2) is 23.1 Å². The summed E-state index contributed by atoms with van der Waals surface area (Å²) in [6, 6.07) is 4.38. The number of carbonyl (C=O) groups is 1. The number of carbonyl (C=O) groups excluding carboxylic acids is 1. The van der Waals surface area contributed by atoms with Crippen molar-refractivity contribution in [1.29, 1.82) is 0 Å². The van der Waals surface area contributed by atoms with E-state index in [1.165, 1.54) is 12.1 Å². The zero-order chi connectivity index (χ0) is 13.9. The topological polar surface area (TPSA) is 89.3 Å². The van der Waals surface area contributed by atoms with Crippen LogP contribution >= 0.6 is 0 Å². The molecule has 0 saturated carbocycles. The average molecular weight is 270 g/mol. The Labute approximate surface area is 107 Å². The fourth-order valence-electron chi connectivity index (χ4n) is 1.53. The molecule has 0 atom stereocenters. The maximum Gasteiger partial charge on any atom is 0.238 e. The van der Waals surface area contributed by atoms with Gasteiger partial charge in [0.1, 0.15) is 0 Å². The van der Waals surface area contributed by atoms with Gasteiger partial charge in [-0.1, -0.05) is 13.8 Å². The molecule has 0 fully saturated rings. The summed E-state index contributed by atoms with van der Waals surface area (Å²) in [5.41, 5.74) is 1.27. The van der Waals surface area contributed by atoms with Crippen molar-refractivity contribution in [2.45, 2.75) is 32.1 Å². The second kappa shape index (κ2) is 5.49. The first-order chi connectivity index (χ1) is 8.20. The van der Waals surface area contributed by atoms with Crippen LogP contribution in [-0.2, 0) is 14.8 Å². The highest BCUT2D eigenvalue weighted by atomic mass is 32.2. The Morgan fingerprint density at radius 1 is 1.39 bits per heavy atom. The molecule has 0 aliphatic rings. The van der Waals surface area contributed by atoms with Crippen LogP contribution in [0.4, 0.5) is 5.69 Å². The van der Waals surface area contributed by atoms with Crippen molar-refractivity contribution in [2.24, 2.45) is 11.1 Å². The van der Waals surface area contributed by atoms with Gasteiger partial charge in [-0.15, -0.1) is 0 Å². The van der Waals surface area contributed by atoms with E-state index in [2.05, 4.69) is 5.32 Å². The molecule has 0 aliphatic heterocycles. The molecular formula is C12H18N2O3S. The summed E-state index contributed by atoms with van der Waals surface area (Å²) in [6.45, 7) is 5.63. The Morgan fingerprint density at radius 2 is 2.00 bits per heavy atom. The van der Waals surface area contributed by atoms with Crippen molar-refractivity contribution in [2.75, 3.05) is 5.32 Å². The van der Waals surface area contributed by atoms with Gasteiger partial charge in [-0.05, 0) is 36.6 Å². The number of amides is 1. The molecular weight excluding hydrogens is 252 g/mol. The molecule has 1 amide bonds. The average Bonchev–Trinajstić information content (AvgIpc) is 2.18. The van der Waals surface area contributed by atoms with Crippen molar-refractivity contribution in [3.05, 3.63) is 23.8 Å². The van der Waals surface area contributed by atoms with E-state index < -0.39 is 10.0 Å². The lowest BCUT2D eigenvalue weighted by atomic mass is 10.1. The number of nitrogens with two attached hydrogens (primary N) is 1. The highest BCUT2D eigenvalue weighted by Gasteiger charge is 2.11. The quantitative estimate of drug-likeness (QED) is 0.871. The Balaban J connectivity index is 2.90. The van der Waals surface area contributed by atoms with Crippen LogP contribution < -0.4 is 10.5 Å². The van der Waals surface area contributed by atoms with E-state index in [1.54, 1.807) is 13.0 Å². The van der Waals surface area contributed by atoms with E-state index in [0.717, 1.165) is 0 Å². The molecule has 0 aromatic heterocycles. The van der Waals surface area contributed by atoms with Gasteiger partial charge in [0.15, 0.2) is 0 Å². The predicted molar refractivity (Wildman–Crippen MR) is 70.6 cm³/mol. The maximum atomic E-state index is 11.6. The second-order valence-electron chi connectivity index (χ2n) is 4.67. The van der Waals surface area contributed by atoms with E-state index in [-0.39, 0.29) is 16.7 Å². The number of sulfonamides is 1. The summed E-state index contributed by atoms with van der Waals surface area (Å²) in [5.74, 6) is 0.186. The van der Waals surface area contributed by atoms with Gasteiger partial charge in [-0.3, -0.25) is 4.79 Å². The SMILES string of the molecule is Cc1cc(S(N)(=O)=O)ccc1NC(=O)CC(C)C. The van der Waals surface area contributed by atoms with Crippen molar-refractivity contribution in [3.8, 4) is 0 Å². The van der Waals surface area contributed by atoms with Gasteiger partial charge < -0.3 is 5.32 Å². The lowest BCUT2D eigenvalue weighted by molar-refractivity contribution is -0.116. The van der Waals surface area contributed by atoms with Gasteiger partial charge in [-0.2, -0.15) is 0 Å². The number of nitrogens with one attached hydrogen (secondary N) is 1. The van der Waals surface area contributed by atoms with E-state index in [9.17, 15) is 13.2 Å². The Morgan fingerprint density at radius 3 is 2.44 bits per heavy atom. The van der Waals surface area contributed by atoms with E-state index >= 15 is 0 Å². The van der Waals surface area contributed by atoms with Crippen molar-refractivity contribution in [3.63, 3.8) is 0 Å². The lowest BCUT2D eigenvalue weighted by Gasteiger charge is -2.10. The van der Waals surface area contributed by atoms with E-state index in [4.69, 9.17) is 5.14 Å². The van der Waals surface area contributed by atoms with Crippen molar-refractivity contribution in [1.82, 2.24) is 0 Å². The lowest BCUT2D eigenvalue weighted by Crippen LogP contribution is -2.16. The first-order valence-corrected chi connectivity index (χ1v) is 7.18. The molecule has 5 nitrogen and oxygen atoms in total. The third-order valence-electron chi connectivity index (χ3n) is 2.39. The molecule has 0 saturated heterocycles. The van der Waals surface area contributed by atoms with E-state index in [1.807, 2.05) is 13.8 Å². The van der Waals surface area contributed by atoms with Gasteiger partial charge in [-0.25, -0.2) is 13.6 Å². The molecule has 1 aromatic carbocycles. The standard InChI is InChI=1S/C12H18N2O3S/c1-8(2)6-12(15)14-11-5-4-10(7-9(11)3)18(13,16)17/h4-5,7-8H,6H2,1-3H3,(H,14,15)(H2,13,16,17). The monoisotopic (exact) mass is 270 g/mol. The highest BCUT2D eigenvalue weighted by Crippen LogP contribution is 2.19. The van der Waals surface area contributed by atoms with Crippen LogP contribution in [0.5, 0.6) is 0 Å². The largest absolute Gasteiger partial charge is 0.326 e. The zero-order valence-corrected chi connectivity index (χ0v) is 11.5. The number of hydrogen-bond acceptors (Lipinski definition) is 3. The smallest absolute Gasteiger partial charge is 0.238 e. The summed E-state index contributed by atoms with van der Waals surface area (Å²) in [6.07, 6.45) is 0.427. The maximum absolute atomic E-state index is 11.6. The molecule has 0 aliphatic carbocycles. The van der Waals surface area contributed by atoms with Crippen molar-refractivity contribution >= 4 is 21.6 Å². The van der Waals surface area contributed by atoms with Crippen LogP contribution in [0.2, 0.25) is 0 Å². The zero-order valence-electron chi connectivity index (χ0n) is 10.7. The molecule has 3 N–H and O–H groups in total. The Bertz CT molecular complexity index is 550. The molecule has 0 radical (unpaired) electrons. The number of rotatable bonds is 4. The number of aryl methyl sites for hydroxylation is 1. The van der Waals surface area contributed by atoms with E-state index in [0.29, 0.717) is 17.7 Å². The second-order valence-corrected chi connectivity index (χ2v) is 6.23. The van der Waals surface area contributed by atoms with Gasteiger partial charge in [0, 0.05) is 12.1 Å². The Hall–Kier alpha value is -1.40. The molecule has 1 aromatic rings. The predicted octanol–water partition coefficient (Wildman–Crippen LogP) is 1.63. The summed E-state index contributed by atoms with van der Waals surface area (Å²) in [4.78, 5) is 11.6. The third kappa shape index (κ3) is 4.12. The number of anilines is 1. The van der Waals surface area contributed by atoms with Crippen LogP contribution in [0, 0.1) is 12.8 Å². The molecule has 18 heavy (non-hydrogen) atoms. The summed E-state index contributed by atoms with van der Waals surface area (Å²) < 4.78 is 22.3. The normalized spacial score (nSPS) is 11.6. The minimum Gasteiger partial charge on any atom is -0.326 e. The fraction of sp³-hybridized carbons (Fsp3) is 0.417. The number of primary sulfonamides is 1. The molecule has 0 bridgehead atoms. The molecule has 1 rings (SSSR count). The summed E-state index contributed by atoms with van der Waals surface area (Å²) >= 11 is 0. The van der Waals surface area contributed by atoms with Gasteiger partial charge >= 0.3 is 0 Å². The first kappa shape index (κ1) is 14.7. The fourth-order valence-corrected chi connectivity index (χ4v) is 2.12. The highest BCUT2D eigenvalue weighted by molar-refractivity contribution is 7.89. The number of hydrogen-bond donors (Lipinski definition) is 2. The van der Waals surface area contributed by atoms with Crippen molar-refractivity contribution < 1.29 is 13.2 Å². The number of benzene rings is 1. The van der Waals surface area contributed by atoms with Gasteiger partial charge in [0.05, 0.1) is 4.90 Å².